The largest absolute Gasteiger partial charge is 0.457 e. The molecule has 134 heavy (non-hydrogen) atoms. The van der Waals surface area contributed by atoms with E-state index in [0.717, 1.165) is 110 Å². The topological polar surface area (TPSA) is 432 Å². The number of benzene rings is 8. The number of carbonyl (C=O) groups excluding carboxylic acids is 3. The van der Waals surface area contributed by atoms with E-state index in [-0.39, 0.29) is 35.8 Å². The number of fused-ring (bicyclic) bond motifs is 4. The first-order valence-corrected chi connectivity index (χ1v) is 45.0. The number of rotatable bonds is 25. The smallest absolute Gasteiger partial charge is 0.246 e. The molecule has 3 aliphatic heterocycles. The number of methoxy groups -OCH3 is 1. The van der Waals surface area contributed by atoms with E-state index >= 15 is 0 Å². The third-order valence-electron chi connectivity index (χ3n) is 22.8. The van der Waals surface area contributed by atoms with Crippen LogP contribution in [0.15, 0.2) is 293 Å². The van der Waals surface area contributed by atoms with Gasteiger partial charge in [-0.1, -0.05) is 98.1 Å². The summed E-state index contributed by atoms with van der Waals surface area (Å²) in [4.78, 5) is 74.3. The van der Waals surface area contributed by atoms with Crippen molar-refractivity contribution in [1.82, 2.24) is 98.4 Å². The number of sulfonamides is 1. The van der Waals surface area contributed by atoms with Crippen LogP contribution in [-0.2, 0) is 35.7 Å². The monoisotopic (exact) mass is 1810 g/mol. The molecule has 0 atom stereocenters. The number of ether oxygens (including phenoxy) is 5. The van der Waals surface area contributed by atoms with Crippen molar-refractivity contribution in [1.29, 1.82) is 0 Å². The number of para-hydroxylation sites is 4. The standard InChI is InChI=1S/C27H28N6O3.C26H26N6O2.C24H24N6O3S.C22H20N6O2/c1-35-17-5-8-23(34)32-15-13-20(14-16-32)33-27-24(26(28)29-18-30-27)25(31-33)19-9-11-22(12-10-19)36-21-6-3-2-4-7-21;1-2-6-22(33)31-15-13-19(14-16-31)32-26-23(25(27)28-17-29-26)24(30-32)18-9-11-21(12-10-18)34-20-7-4-3-5-8-20;1-2-34(31,32)29-14-12-18(13-15-29)30-24-21(23(25)26-16-27-24)22(28-30)17-8-10-20(11-9-17)33-19-6-4-3-5-7-19;1-2-18(29)24-12-13-28-22-19(21(23)25-14-26-22)20(27-28)15-8-10-17(11-9-15)30-16-6-4-3-5-7-16/h2-12,18,20H,13-17H2,1H3,(H2,28,29,30);2-12,17,19H,13-16H2,1H3,(H2,27,28,29);2-11,16,18H,1,12-15H2,(H2,25,26,27);2-11,14H,1,12-13H2,(H,24,29)(H2,23,25,26)/b8-5+;6-2+;;. The number of allylic oxidation sites excluding steroid dienone is 1. The molecule has 11 heterocycles. The van der Waals surface area contributed by atoms with Gasteiger partial charge in [-0.2, -0.15) is 24.7 Å². The minimum atomic E-state index is -3.43. The van der Waals surface area contributed by atoms with Crippen LogP contribution in [0.3, 0.4) is 0 Å². The Kier molecular flexibility index (Phi) is 28.8. The first-order valence-electron chi connectivity index (χ1n) is 43.5. The van der Waals surface area contributed by atoms with Gasteiger partial charge >= 0.3 is 0 Å². The number of nitrogens with one attached hydrogen (secondary N) is 1. The third kappa shape index (κ3) is 21.4. The van der Waals surface area contributed by atoms with E-state index in [1.807, 2.05) is 249 Å². The molecule has 35 heteroatoms. The average Bonchev–Trinajstić information content (AvgIpc) is 1.60. The van der Waals surface area contributed by atoms with Crippen LogP contribution in [0.25, 0.3) is 89.2 Å². The zero-order valence-corrected chi connectivity index (χ0v) is 74.4. The minimum absolute atomic E-state index is 0.000827. The molecule has 34 nitrogen and oxygen atoms in total. The highest BCUT2D eigenvalue weighted by atomic mass is 32.2. The van der Waals surface area contributed by atoms with Crippen LogP contribution in [-0.4, -0.2) is 179 Å². The summed E-state index contributed by atoms with van der Waals surface area (Å²) >= 11 is 0. The van der Waals surface area contributed by atoms with E-state index in [9.17, 15) is 22.8 Å². The van der Waals surface area contributed by atoms with Crippen LogP contribution in [0.5, 0.6) is 46.0 Å². The number of nitrogens with zero attached hydrogens (tertiary/aromatic N) is 19. The maximum Gasteiger partial charge on any atom is 0.246 e. The molecule has 0 spiro atoms. The van der Waals surface area contributed by atoms with Gasteiger partial charge in [-0.05, 0) is 203 Å². The van der Waals surface area contributed by atoms with Gasteiger partial charge in [0.2, 0.25) is 27.7 Å². The Morgan fingerprint density at radius 2 is 0.701 bits per heavy atom. The molecule has 8 aromatic heterocycles. The predicted octanol–water partition coefficient (Wildman–Crippen LogP) is 16.0. The molecule has 8 aromatic carbocycles. The minimum Gasteiger partial charge on any atom is -0.457 e. The van der Waals surface area contributed by atoms with Crippen molar-refractivity contribution in [3.8, 4) is 91.0 Å². The second-order valence-corrected chi connectivity index (χ2v) is 33.2. The number of carbonyl (C=O) groups is 3. The zero-order valence-electron chi connectivity index (χ0n) is 73.6. The van der Waals surface area contributed by atoms with Crippen molar-refractivity contribution >= 4 is 95.1 Å². The van der Waals surface area contributed by atoms with Crippen molar-refractivity contribution in [2.75, 3.05) is 82.5 Å². The maximum absolute atomic E-state index is 12.4. The highest BCUT2D eigenvalue weighted by Gasteiger charge is 2.33. The first-order chi connectivity index (χ1) is 65.4. The van der Waals surface area contributed by atoms with Crippen molar-refractivity contribution in [2.45, 2.75) is 70.1 Å². The molecular weight excluding hydrogens is 1720 g/mol. The fourth-order valence-electron chi connectivity index (χ4n) is 16.0. The lowest BCUT2D eigenvalue weighted by atomic mass is 10.1. The van der Waals surface area contributed by atoms with Gasteiger partial charge in [-0.3, -0.25) is 14.4 Å². The molecule has 0 unspecified atom stereocenters. The van der Waals surface area contributed by atoms with Crippen LogP contribution in [0.4, 0.5) is 23.3 Å². The van der Waals surface area contributed by atoms with Crippen molar-refractivity contribution in [3.63, 3.8) is 0 Å². The second-order valence-electron chi connectivity index (χ2n) is 31.3. The lowest BCUT2D eigenvalue weighted by Gasteiger charge is -2.31. The first kappa shape index (κ1) is 90.9. The Labute approximate surface area is 772 Å². The Bertz CT molecular complexity index is 6970. The van der Waals surface area contributed by atoms with Gasteiger partial charge in [0.15, 0.2) is 22.6 Å². The quantitative estimate of drug-likeness (QED) is 0.0332. The summed E-state index contributed by atoms with van der Waals surface area (Å²) in [6.45, 7) is 13.4. The Balaban J connectivity index is 0.000000130. The molecule has 3 fully saturated rings. The second kappa shape index (κ2) is 42.4. The van der Waals surface area contributed by atoms with Crippen molar-refractivity contribution in [3.05, 3.63) is 293 Å². The summed E-state index contributed by atoms with van der Waals surface area (Å²) in [6, 6.07) is 69.3. The number of hydrogen-bond acceptors (Lipinski definition) is 26. The highest BCUT2D eigenvalue weighted by molar-refractivity contribution is 7.92. The van der Waals surface area contributed by atoms with E-state index in [0.29, 0.717) is 151 Å². The summed E-state index contributed by atoms with van der Waals surface area (Å²) in [5.41, 5.74) is 33.9. The van der Waals surface area contributed by atoms with Crippen LogP contribution in [0.2, 0.25) is 0 Å². The molecule has 0 bridgehead atoms. The zero-order chi connectivity index (χ0) is 93.0. The Hall–Kier alpha value is -16.4. The Morgan fingerprint density at radius 1 is 0.403 bits per heavy atom. The summed E-state index contributed by atoms with van der Waals surface area (Å²) in [7, 11) is -1.83. The highest BCUT2D eigenvalue weighted by Crippen LogP contribution is 2.41. The number of amides is 3. The lowest BCUT2D eigenvalue weighted by molar-refractivity contribution is -0.128. The Morgan fingerprint density at radius 3 is 1.01 bits per heavy atom. The number of aromatic nitrogens is 16. The molecule has 680 valence electrons. The molecule has 3 amide bonds. The average molecular weight is 1820 g/mol. The van der Waals surface area contributed by atoms with Gasteiger partial charge in [-0.25, -0.2) is 67.0 Å². The molecule has 16 aromatic rings. The van der Waals surface area contributed by atoms with E-state index < -0.39 is 10.0 Å². The van der Waals surface area contributed by atoms with Crippen LogP contribution < -0.4 is 47.2 Å². The van der Waals surface area contributed by atoms with E-state index in [2.05, 4.69) is 63.4 Å². The molecule has 3 aliphatic rings. The molecule has 0 radical (unpaired) electrons. The van der Waals surface area contributed by atoms with E-state index in [4.69, 9.17) is 61.9 Å². The molecular formula is C99H98N24O10S. The fourth-order valence-corrected chi connectivity index (χ4v) is 17.0. The summed E-state index contributed by atoms with van der Waals surface area (Å²) in [6.07, 6.45) is 18.0. The maximum atomic E-state index is 12.4. The SMILES string of the molecule is C/C=C/C(=O)N1CCC(n2nc(-c3ccc(Oc4ccccc4)cc3)c3c(N)ncnc32)CC1.C=CC(=O)NCCn1nc(-c2ccc(Oc3ccccc3)cc2)c2c(N)ncnc21.C=CS(=O)(=O)N1CCC(n2nc(-c3ccc(Oc4ccccc4)cc3)c3c(N)ncnc32)CC1.COC/C=C/C(=O)N1CCC(n2nc(-c3ccc(Oc4ccccc4)cc3)c3c(N)ncnc32)CC1. The third-order valence-corrected chi connectivity index (χ3v) is 24.3. The summed E-state index contributed by atoms with van der Waals surface area (Å²) in [5, 5.41) is 26.0. The number of hydrogen-bond donors (Lipinski definition) is 5. The lowest BCUT2D eigenvalue weighted by Crippen LogP contribution is -2.38. The predicted molar refractivity (Wildman–Crippen MR) is 514 cm³/mol. The number of anilines is 4. The normalized spacial score (nSPS) is 13.9. The van der Waals surface area contributed by atoms with Gasteiger partial charge in [0.1, 0.15) is 117 Å². The van der Waals surface area contributed by atoms with Gasteiger partial charge in [0, 0.05) is 86.7 Å². The molecule has 0 saturated carbocycles. The van der Waals surface area contributed by atoms with Crippen LogP contribution in [0, 0.1) is 0 Å². The number of likely N-dealkylation sites (tertiary alicyclic amines) is 2. The van der Waals surface area contributed by atoms with E-state index in [1.54, 1.807) is 36.1 Å². The number of piperidine rings is 3. The van der Waals surface area contributed by atoms with Crippen molar-refractivity contribution < 1.29 is 46.5 Å². The molecule has 3 saturated heterocycles. The summed E-state index contributed by atoms with van der Waals surface area (Å²) < 4.78 is 61.7. The fraction of sp³-hybridized carbons (Fsp3) is 0.202. The number of nitrogens with two attached hydrogens (primary N) is 4. The van der Waals surface area contributed by atoms with Gasteiger partial charge in [0.05, 0.1) is 52.8 Å². The molecule has 0 aliphatic carbocycles. The molecule has 19 rings (SSSR count). The van der Waals surface area contributed by atoms with Crippen LogP contribution >= 0.6 is 0 Å². The van der Waals surface area contributed by atoms with Crippen LogP contribution in [0.1, 0.15) is 63.6 Å². The van der Waals surface area contributed by atoms with Gasteiger partial charge < -0.3 is 61.7 Å². The number of nitrogen functional groups attached to an aromatic ring is 4. The van der Waals surface area contributed by atoms with Gasteiger partial charge in [-0.15, -0.1) is 0 Å². The van der Waals surface area contributed by atoms with E-state index in [1.165, 1.54) is 35.7 Å². The van der Waals surface area contributed by atoms with Crippen molar-refractivity contribution in [2.24, 2.45) is 0 Å². The summed E-state index contributed by atoms with van der Waals surface area (Å²) in [5.74, 6) is 7.26. The molecule has 9 N–H and O–H groups in total. The van der Waals surface area contributed by atoms with Gasteiger partial charge in [0.25, 0.3) is 0 Å².